The lowest BCUT2D eigenvalue weighted by Crippen LogP contribution is -2.22. The van der Waals surface area contributed by atoms with Gasteiger partial charge in [0.05, 0.1) is 20.7 Å². The molecule has 1 heterocycles. The Morgan fingerprint density at radius 3 is 2.35 bits per heavy atom. The predicted octanol–water partition coefficient (Wildman–Crippen LogP) is 4.53. The summed E-state index contributed by atoms with van der Waals surface area (Å²) in [6.07, 6.45) is 0. The van der Waals surface area contributed by atoms with Gasteiger partial charge in [0.2, 0.25) is 15.9 Å². The molecule has 3 rings (SSSR count). The number of hydrogen-bond donors (Lipinski definition) is 1. The lowest BCUT2D eigenvalue weighted by atomic mass is 10.1. The van der Waals surface area contributed by atoms with E-state index in [9.17, 15) is 13.2 Å². The quantitative estimate of drug-likeness (QED) is 0.550. The molecule has 2 aromatic carbocycles. The minimum absolute atomic E-state index is 0.0970. The monoisotopic (exact) mass is 457 g/mol. The summed E-state index contributed by atoms with van der Waals surface area (Å²) in [4.78, 5) is 17.5. The molecule has 1 aromatic heterocycles. The second-order valence-corrected chi connectivity index (χ2v) is 11.3. The van der Waals surface area contributed by atoms with Crippen molar-refractivity contribution >= 4 is 44.3 Å². The Bertz CT molecular complexity index is 1250. The normalized spacial score (nSPS) is 12.9. The van der Waals surface area contributed by atoms with Crippen molar-refractivity contribution in [2.45, 2.75) is 42.9 Å². The van der Waals surface area contributed by atoms with Crippen LogP contribution in [0.1, 0.15) is 23.6 Å². The van der Waals surface area contributed by atoms with Gasteiger partial charge in [0, 0.05) is 25.2 Å². The third-order valence-electron chi connectivity index (χ3n) is 5.18. The first-order valence-electron chi connectivity index (χ1n) is 9.88. The molecule has 0 aliphatic heterocycles. The fourth-order valence-electron chi connectivity index (χ4n) is 3.07. The highest BCUT2D eigenvalue weighted by molar-refractivity contribution is 8.00. The molecule has 31 heavy (non-hydrogen) atoms. The first-order valence-corrected chi connectivity index (χ1v) is 12.2. The summed E-state index contributed by atoms with van der Waals surface area (Å²) in [6, 6.07) is 12.7. The summed E-state index contributed by atoms with van der Waals surface area (Å²) in [6.45, 7) is 7.81. The molecule has 0 saturated carbocycles. The zero-order valence-corrected chi connectivity index (χ0v) is 20.2. The van der Waals surface area contributed by atoms with Crippen molar-refractivity contribution in [2.24, 2.45) is 0 Å². The molecule has 0 aliphatic rings. The van der Waals surface area contributed by atoms with Crippen LogP contribution in [0.5, 0.6) is 0 Å². The van der Waals surface area contributed by atoms with Gasteiger partial charge in [-0.25, -0.2) is 17.7 Å². The van der Waals surface area contributed by atoms with Crippen LogP contribution in [0.25, 0.3) is 10.9 Å². The molecular weight excluding hydrogens is 430 g/mol. The zero-order chi connectivity index (χ0) is 22.9. The number of carbonyl (C=O) groups is 1. The number of thioether (sulfide) groups is 1. The topological polar surface area (TPSA) is 79.4 Å². The van der Waals surface area contributed by atoms with Crippen molar-refractivity contribution in [1.82, 2.24) is 9.29 Å². The van der Waals surface area contributed by atoms with Gasteiger partial charge < -0.3 is 5.32 Å². The molecule has 0 spiro atoms. The van der Waals surface area contributed by atoms with Gasteiger partial charge in [-0.1, -0.05) is 17.8 Å². The Balaban J connectivity index is 1.81. The Morgan fingerprint density at radius 1 is 1.00 bits per heavy atom. The molecule has 1 atom stereocenters. The summed E-state index contributed by atoms with van der Waals surface area (Å²) in [7, 11) is -0.496. The lowest BCUT2D eigenvalue weighted by molar-refractivity contribution is -0.115. The number of amides is 1. The number of aryl methyl sites for hydroxylation is 3. The fourth-order valence-corrected chi connectivity index (χ4v) is 4.92. The van der Waals surface area contributed by atoms with E-state index in [-0.39, 0.29) is 16.1 Å². The average molecular weight is 458 g/mol. The van der Waals surface area contributed by atoms with Crippen LogP contribution in [-0.2, 0) is 14.8 Å². The van der Waals surface area contributed by atoms with Crippen molar-refractivity contribution in [3.05, 3.63) is 59.2 Å². The molecule has 0 saturated heterocycles. The average Bonchev–Trinajstić information content (AvgIpc) is 2.70. The number of benzene rings is 2. The van der Waals surface area contributed by atoms with E-state index in [4.69, 9.17) is 0 Å². The molecule has 0 aliphatic carbocycles. The maximum Gasteiger partial charge on any atom is 0.242 e. The number of aromatic nitrogens is 1. The van der Waals surface area contributed by atoms with E-state index in [1.54, 1.807) is 18.2 Å². The highest BCUT2D eigenvalue weighted by Crippen LogP contribution is 2.29. The van der Waals surface area contributed by atoms with Crippen molar-refractivity contribution in [3.8, 4) is 0 Å². The summed E-state index contributed by atoms with van der Waals surface area (Å²) in [5.41, 5.74) is 4.68. The Morgan fingerprint density at radius 2 is 1.71 bits per heavy atom. The van der Waals surface area contributed by atoms with Gasteiger partial charge in [-0.3, -0.25) is 4.79 Å². The highest BCUT2D eigenvalue weighted by atomic mass is 32.2. The number of rotatable bonds is 6. The van der Waals surface area contributed by atoms with Crippen LogP contribution in [0.4, 0.5) is 5.69 Å². The summed E-state index contributed by atoms with van der Waals surface area (Å²) >= 11 is 1.37. The van der Waals surface area contributed by atoms with Crippen LogP contribution in [-0.4, -0.2) is 43.0 Å². The predicted molar refractivity (Wildman–Crippen MR) is 127 cm³/mol. The lowest BCUT2D eigenvalue weighted by Gasteiger charge is -2.15. The number of fused-ring (bicyclic) bond motifs is 1. The summed E-state index contributed by atoms with van der Waals surface area (Å²) < 4.78 is 26.0. The third-order valence-corrected chi connectivity index (χ3v) is 8.01. The smallest absolute Gasteiger partial charge is 0.242 e. The van der Waals surface area contributed by atoms with E-state index < -0.39 is 10.0 Å². The van der Waals surface area contributed by atoms with Crippen molar-refractivity contribution in [1.29, 1.82) is 0 Å². The number of pyridine rings is 1. The minimum Gasteiger partial charge on any atom is -0.325 e. The molecular formula is C23H27N3O3S2. The first kappa shape index (κ1) is 23.2. The number of hydrogen-bond acceptors (Lipinski definition) is 5. The number of sulfonamides is 1. The zero-order valence-electron chi connectivity index (χ0n) is 18.6. The van der Waals surface area contributed by atoms with E-state index in [0.29, 0.717) is 5.52 Å². The van der Waals surface area contributed by atoms with Gasteiger partial charge in [-0.2, -0.15) is 0 Å². The van der Waals surface area contributed by atoms with Crippen molar-refractivity contribution in [3.63, 3.8) is 0 Å². The van der Waals surface area contributed by atoms with E-state index in [2.05, 4.69) is 10.3 Å². The molecule has 1 N–H and O–H groups in total. The van der Waals surface area contributed by atoms with Gasteiger partial charge in [-0.05, 0) is 80.8 Å². The third kappa shape index (κ3) is 5.08. The van der Waals surface area contributed by atoms with Gasteiger partial charge in [0.15, 0.2) is 0 Å². The van der Waals surface area contributed by atoms with Gasteiger partial charge in [0.25, 0.3) is 0 Å². The Kier molecular flexibility index (Phi) is 6.73. The molecule has 0 unspecified atom stereocenters. The van der Waals surface area contributed by atoms with Gasteiger partial charge in [0.1, 0.15) is 0 Å². The van der Waals surface area contributed by atoms with Crippen LogP contribution >= 0.6 is 11.8 Å². The fraction of sp³-hybridized carbons (Fsp3) is 0.304. The number of carbonyl (C=O) groups excluding carboxylic acids is 1. The highest BCUT2D eigenvalue weighted by Gasteiger charge is 2.20. The molecule has 164 valence electrons. The standard InChI is InChI=1S/C23H27N3O3S2/c1-14-7-8-18(11-15(14)2)24-23(27)17(4)30-22-12-16(3)20-13-19(9-10-21(20)25-22)31(28,29)26(5)6/h7-13,17H,1-6H3,(H,24,27)/t17-/m1/s1. The maximum atomic E-state index is 12.6. The first-order chi connectivity index (χ1) is 14.5. The Hall–Kier alpha value is -2.42. The second kappa shape index (κ2) is 8.98. The number of nitrogens with zero attached hydrogens (tertiary/aromatic N) is 2. The number of anilines is 1. The summed E-state index contributed by atoms with van der Waals surface area (Å²) in [5, 5.41) is 4.11. The van der Waals surface area contributed by atoms with Crippen LogP contribution < -0.4 is 5.32 Å². The van der Waals surface area contributed by atoms with E-state index in [1.165, 1.54) is 35.7 Å². The number of nitrogens with one attached hydrogen (secondary N) is 1. The van der Waals surface area contributed by atoms with E-state index >= 15 is 0 Å². The SMILES string of the molecule is Cc1ccc(NC(=O)[C@@H](C)Sc2cc(C)c3cc(S(=O)(=O)N(C)C)ccc3n2)cc1C. The minimum atomic E-state index is -3.51. The second-order valence-electron chi connectivity index (χ2n) is 7.79. The molecule has 0 radical (unpaired) electrons. The maximum absolute atomic E-state index is 12.6. The van der Waals surface area contributed by atoms with E-state index in [1.807, 2.05) is 52.0 Å². The van der Waals surface area contributed by atoms with Crippen LogP contribution in [0.3, 0.4) is 0 Å². The molecule has 8 heteroatoms. The molecule has 6 nitrogen and oxygen atoms in total. The van der Waals surface area contributed by atoms with Gasteiger partial charge in [-0.15, -0.1) is 0 Å². The molecule has 0 fully saturated rings. The molecule has 0 bridgehead atoms. The van der Waals surface area contributed by atoms with E-state index in [0.717, 1.165) is 27.2 Å². The van der Waals surface area contributed by atoms with Crippen molar-refractivity contribution in [2.75, 3.05) is 19.4 Å². The molecule has 3 aromatic rings. The van der Waals surface area contributed by atoms with Crippen LogP contribution in [0.2, 0.25) is 0 Å². The van der Waals surface area contributed by atoms with Crippen molar-refractivity contribution < 1.29 is 13.2 Å². The van der Waals surface area contributed by atoms with Crippen LogP contribution in [0, 0.1) is 20.8 Å². The largest absolute Gasteiger partial charge is 0.325 e. The Labute approximate surface area is 188 Å². The summed E-state index contributed by atoms with van der Waals surface area (Å²) in [5.74, 6) is -0.0970. The van der Waals surface area contributed by atoms with Crippen LogP contribution in [0.15, 0.2) is 52.4 Å². The van der Waals surface area contributed by atoms with Gasteiger partial charge >= 0.3 is 0 Å². The molecule has 1 amide bonds.